The number of hydrogen-bond acceptors (Lipinski definition) is 7. The zero-order valence-corrected chi connectivity index (χ0v) is 27.1. The van der Waals surface area contributed by atoms with E-state index in [0.717, 1.165) is 36.2 Å². The number of benzene rings is 1. The molecule has 2 fully saturated rings. The first-order chi connectivity index (χ1) is 20.5. The van der Waals surface area contributed by atoms with Gasteiger partial charge in [-0.3, -0.25) is 14.0 Å². The van der Waals surface area contributed by atoms with Crippen LogP contribution in [0.25, 0.3) is 33.2 Å². The van der Waals surface area contributed by atoms with E-state index in [4.69, 9.17) is 26.4 Å². The minimum Gasteiger partial charge on any atom is -0.465 e. The SMILES string of the molecule is CCn1cc2c(Cl)c(-c3nn(COCC[Si](C)(C)C)c4nc(N5C6CCCC5CN(C(=O)O)C6)n(C)c(=O)c34)ccc2n1. The molecule has 1 amide bonds. The van der Waals surface area contributed by atoms with Gasteiger partial charge in [-0.15, -0.1) is 0 Å². The molecule has 2 aliphatic heterocycles. The standard InChI is InChI=1S/C29H39ClN8O4Si/c1-6-36-16-21-22(32-36)11-10-20(24(21)30)25-23-26(37(33-25)17-42-12-13-43(3,4)5)31-28(34(2)27(23)39)38-18-8-7-9-19(38)15-35(14-18)29(40)41/h10-11,16,18-19H,6-9,12-15,17H2,1-5H3,(H,40,41). The van der Waals surface area contributed by atoms with Crippen molar-refractivity contribution in [3.05, 3.63) is 33.7 Å². The molecule has 2 saturated heterocycles. The van der Waals surface area contributed by atoms with E-state index in [-0.39, 0.29) is 24.4 Å². The summed E-state index contributed by atoms with van der Waals surface area (Å²) in [5.74, 6) is 0.526. The number of fused-ring (bicyclic) bond motifs is 4. The largest absolute Gasteiger partial charge is 0.465 e. The Bertz CT molecular complexity index is 1750. The van der Waals surface area contributed by atoms with Crippen molar-refractivity contribution >= 4 is 53.7 Å². The minimum atomic E-state index is -1.31. The zero-order chi connectivity index (χ0) is 30.6. The van der Waals surface area contributed by atoms with Crippen molar-refractivity contribution in [3.63, 3.8) is 0 Å². The molecule has 3 aromatic heterocycles. The van der Waals surface area contributed by atoms with Gasteiger partial charge in [0, 0.05) is 70.6 Å². The number of anilines is 1. The molecule has 4 aromatic rings. The van der Waals surface area contributed by atoms with Crippen LogP contribution in [-0.2, 0) is 25.1 Å². The molecule has 2 atom stereocenters. The van der Waals surface area contributed by atoms with E-state index in [1.165, 1.54) is 4.90 Å². The Morgan fingerprint density at radius 3 is 2.53 bits per heavy atom. The normalized spacial score (nSPS) is 19.1. The number of rotatable bonds is 8. The number of hydrogen-bond donors (Lipinski definition) is 1. The van der Waals surface area contributed by atoms with Crippen LogP contribution in [0.2, 0.25) is 30.7 Å². The van der Waals surface area contributed by atoms with E-state index in [2.05, 4.69) is 29.6 Å². The van der Waals surface area contributed by atoms with Crippen molar-refractivity contribution in [2.24, 2.45) is 7.05 Å². The van der Waals surface area contributed by atoms with Gasteiger partial charge in [0.15, 0.2) is 5.65 Å². The fourth-order valence-electron chi connectivity index (χ4n) is 6.27. The van der Waals surface area contributed by atoms with Crippen LogP contribution in [0, 0.1) is 0 Å². The van der Waals surface area contributed by atoms with Gasteiger partial charge in [-0.2, -0.15) is 15.2 Å². The number of amides is 1. The van der Waals surface area contributed by atoms with Crippen LogP contribution in [0.5, 0.6) is 0 Å². The first kappa shape index (κ1) is 29.6. The molecule has 1 N–H and O–H groups in total. The summed E-state index contributed by atoms with van der Waals surface area (Å²) in [6.07, 6.45) is 3.67. The Hall–Kier alpha value is -3.42. The van der Waals surface area contributed by atoms with Crippen LogP contribution in [0.15, 0.2) is 23.1 Å². The first-order valence-electron chi connectivity index (χ1n) is 14.9. The van der Waals surface area contributed by atoms with Gasteiger partial charge in [0.25, 0.3) is 5.56 Å². The summed E-state index contributed by atoms with van der Waals surface area (Å²) in [4.78, 5) is 34.8. The van der Waals surface area contributed by atoms with Gasteiger partial charge in [0.2, 0.25) is 5.95 Å². The number of ether oxygens (including phenoxy) is 1. The van der Waals surface area contributed by atoms with Gasteiger partial charge in [-0.05, 0) is 44.4 Å². The summed E-state index contributed by atoms with van der Waals surface area (Å²) >= 11 is 6.96. The average molecular weight is 627 g/mol. The highest BCUT2D eigenvalue weighted by molar-refractivity contribution is 6.76. The van der Waals surface area contributed by atoms with Crippen molar-refractivity contribution in [1.29, 1.82) is 0 Å². The third kappa shape index (κ3) is 5.42. The Labute approximate surface area is 255 Å². The van der Waals surface area contributed by atoms with Crippen molar-refractivity contribution in [3.8, 4) is 11.3 Å². The molecule has 6 rings (SSSR count). The molecule has 230 valence electrons. The van der Waals surface area contributed by atoms with Crippen LogP contribution in [-0.4, -0.2) is 85.1 Å². The van der Waals surface area contributed by atoms with Crippen molar-refractivity contribution in [2.45, 2.75) is 77.2 Å². The molecule has 0 spiro atoms. The second-order valence-electron chi connectivity index (χ2n) is 12.8. The Morgan fingerprint density at radius 2 is 1.88 bits per heavy atom. The Morgan fingerprint density at radius 1 is 1.16 bits per heavy atom. The monoisotopic (exact) mass is 626 g/mol. The number of aromatic nitrogens is 6. The molecule has 1 aromatic carbocycles. The third-order valence-electron chi connectivity index (χ3n) is 8.64. The molecule has 0 radical (unpaired) electrons. The molecule has 0 aliphatic carbocycles. The Balaban J connectivity index is 1.48. The second kappa shape index (κ2) is 11.3. The number of likely N-dealkylation sites (tertiary alicyclic amines) is 1. The van der Waals surface area contributed by atoms with Crippen molar-refractivity contribution < 1.29 is 14.6 Å². The smallest absolute Gasteiger partial charge is 0.407 e. The topological polar surface area (TPSA) is 124 Å². The van der Waals surface area contributed by atoms with E-state index in [1.54, 1.807) is 16.3 Å². The van der Waals surface area contributed by atoms with E-state index in [9.17, 15) is 14.7 Å². The van der Waals surface area contributed by atoms with Gasteiger partial charge in [0.05, 0.1) is 10.5 Å². The van der Waals surface area contributed by atoms with Gasteiger partial charge in [-0.25, -0.2) is 9.48 Å². The number of piperazine rings is 1. The molecule has 2 aliphatic rings. The highest BCUT2D eigenvalue weighted by Gasteiger charge is 2.41. The summed E-state index contributed by atoms with van der Waals surface area (Å²) < 4.78 is 11.2. The molecule has 0 saturated carbocycles. The van der Waals surface area contributed by atoms with Gasteiger partial charge >= 0.3 is 6.09 Å². The zero-order valence-electron chi connectivity index (χ0n) is 25.4. The van der Waals surface area contributed by atoms with E-state index < -0.39 is 14.2 Å². The number of aryl methyl sites for hydroxylation is 1. The first-order valence-corrected chi connectivity index (χ1v) is 19.0. The van der Waals surface area contributed by atoms with Crippen molar-refractivity contribution in [2.75, 3.05) is 24.6 Å². The summed E-state index contributed by atoms with van der Waals surface area (Å²) in [5, 5.41) is 20.8. The van der Waals surface area contributed by atoms with E-state index in [1.807, 2.05) is 29.9 Å². The highest BCUT2D eigenvalue weighted by Crippen LogP contribution is 2.37. The summed E-state index contributed by atoms with van der Waals surface area (Å²) in [5.41, 5.74) is 2.06. The highest BCUT2D eigenvalue weighted by atomic mass is 35.5. The lowest BCUT2D eigenvalue weighted by atomic mass is 9.91. The van der Waals surface area contributed by atoms with Gasteiger partial charge < -0.3 is 19.6 Å². The molecular weight excluding hydrogens is 588 g/mol. The summed E-state index contributed by atoms with van der Waals surface area (Å²) in [6, 6.07) is 4.64. The van der Waals surface area contributed by atoms with Crippen LogP contribution >= 0.6 is 11.6 Å². The molecular formula is C29H39ClN8O4Si. The summed E-state index contributed by atoms with van der Waals surface area (Å²) in [6.45, 7) is 11.1. The number of nitrogens with zero attached hydrogens (tertiary/aromatic N) is 8. The van der Waals surface area contributed by atoms with Crippen LogP contribution in [0.4, 0.5) is 10.7 Å². The number of carboxylic acid groups (broad SMARTS) is 1. The second-order valence-corrected chi connectivity index (χ2v) is 18.8. The molecule has 14 heteroatoms. The molecule has 2 bridgehead atoms. The number of carbonyl (C=O) groups is 1. The van der Waals surface area contributed by atoms with Gasteiger partial charge in [-0.1, -0.05) is 31.2 Å². The lowest BCUT2D eigenvalue weighted by Gasteiger charge is -2.50. The van der Waals surface area contributed by atoms with E-state index >= 15 is 0 Å². The van der Waals surface area contributed by atoms with Crippen LogP contribution in [0.3, 0.4) is 0 Å². The predicted octanol–water partition coefficient (Wildman–Crippen LogP) is 4.85. The number of halogens is 1. The summed E-state index contributed by atoms with van der Waals surface area (Å²) in [7, 11) is 0.420. The van der Waals surface area contributed by atoms with Gasteiger partial charge in [0.1, 0.15) is 17.8 Å². The van der Waals surface area contributed by atoms with Crippen LogP contribution in [0.1, 0.15) is 26.2 Å². The maximum absolute atomic E-state index is 14.2. The molecule has 43 heavy (non-hydrogen) atoms. The lowest BCUT2D eigenvalue weighted by Crippen LogP contribution is -2.63. The quantitative estimate of drug-likeness (QED) is 0.217. The molecule has 5 heterocycles. The number of piperidine rings is 1. The Kier molecular flexibility index (Phi) is 7.76. The molecule has 12 nitrogen and oxygen atoms in total. The van der Waals surface area contributed by atoms with Crippen molar-refractivity contribution in [1.82, 2.24) is 34.0 Å². The maximum Gasteiger partial charge on any atom is 0.407 e. The minimum absolute atomic E-state index is 0.0602. The molecule has 2 unspecified atom stereocenters. The third-order valence-corrected chi connectivity index (χ3v) is 10.7. The lowest BCUT2D eigenvalue weighted by molar-refractivity contribution is 0.0814. The fourth-order valence-corrected chi connectivity index (χ4v) is 7.33. The van der Waals surface area contributed by atoms with Crippen LogP contribution < -0.4 is 10.5 Å². The maximum atomic E-state index is 14.2. The average Bonchev–Trinajstić information content (AvgIpc) is 3.54. The fraction of sp³-hybridized carbons (Fsp3) is 0.552. The predicted molar refractivity (Wildman–Crippen MR) is 170 cm³/mol. The van der Waals surface area contributed by atoms with E-state index in [0.29, 0.717) is 59.5 Å².